The lowest BCUT2D eigenvalue weighted by Crippen LogP contribution is -2.25. The number of carbonyl (C=O) groups excluding carboxylic acids is 1. The lowest BCUT2D eigenvalue weighted by atomic mass is 10.1. The van der Waals surface area contributed by atoms with Gasteiger partial charge in [-0.2, -0.15) is 10.4 Å². The Morgan fingerprint density at radius 1 is 1.23 bits per heavy atom. The second kappa shape index (κ2) is 7.02. The maximum Gasteiger partial charge on any atom is 0.228 e. The van der Waals surface area contributed by atoms with E-state index in [2.05, 4.69) is 26.9 Å². The summed E-state index contributed by atoms with van der Waals surface area (Å²) in [6, 6.07) is 15.4. The van der Waals surface area contributed by atoms with E-state index in [1.54, 1.807) is 23.9 Å². The molecule has 0 saturated carbocycles. The Bertz CT molecular complexity index is 972. The topological polar surface area (TPSA) is 89.6 Å². The number of aliphatic imine (C=N–C) groups is 1. The summed E-state index contributed by atoms with van der Waals surface area (Å²) in [6.45, 7) is 0.538. The third-order valence-corrected chi connectivity index (χ3v) is 5.10. The first-order valence-electron chi connectivity index (χ1n) is 8.13. The Kier molecular flexibility index (Phi) is 4.42. The van der Waals surface area contributed by atoms with Gasteiger partial charge in [0.1, 0.15) is 0 Å². The first kappa shape index (κ1) is 16.4. The fraction of sp³-hybridized carbons (Fsp3) is 0.158. The molecule has 2 N–H and O–H groups in total. The lowest BCUT2D eigenvalue weighted by molar-refractivity contribution is -0.115. The number of hydrazone groups is 1. The Morgan fingerprint density at radius 2 is 2.08 bits per heavy atom. The fourth-order valence-electron chi connectivity index (χ4n) is 2.79. The Morgan fingerprint density at radius 3 is 2.81 bits per heavy atom. The molecule has 0 saturated heterocycles. The van der Waals surface area contributed by atoms with Crippen molar-refractivity contribution >= 4 is 34.2 Å². The molecule has 2 aliphatic rings. The molecule has 6 nitrogen and oxygen atoms in total. The Hall–Kier alpha value is -3.11. The summed E-state index contributed by atoms with van der Waals surface area (Å²) < 4.78 is 0. The number of nitrogens with one attached hydrogen (secondary N) is 2. The molecule has 0 aromatic heterocycles. The number of carbonyl (C=O) groups is 1. The van der Waals surface area contributed by atoms with Gasteiger partial charge in [0, 0.05) is 17.0 Å². The van der Waals surface area contributed by atoms with Crippen LogP contribution in [0.1, 0.15) is 22.3 Å². The van der Waals surface area contributed by atoms with Crippen LogP contribution in [0.3, 0.4) is 0 Å². The smallest absolute Gasteiger partial charge is 0.228 e. The normalized spacial score (nSPS) is 17.1. The van der Waals surface area contributed by atoms with E-state index in [-0.39, 0.29) is 5.91 Å². The molecular weight excluding hydrogens is 346 g/mol. The predicted octanol–water partition coefficient (Wildman–Crippen LogP) is 2.65. The highest BCUT2D eigenvalue weighted by molar-refractivity contribution is 8.14. The molecule has 128 valence electrons. The lowest BCUT2D eigenvalue weighted by Gasteiger charge is -2.15. The first-order valence-corrected chi connectivity index (χ1v) is 9.12. The zero-order valence-electron chi connectivity index (χ0n) is 13.8. The number of nitriles is 1. The maximum absolute atomic E-state index is 11.5. The summed E-state index contributed by atoms with van der Waals surface area (Å²) in [5.74, 6) is 0.749. The molecule has 2 heterocycles. The van der Waals surface area contributed by atoms with Gasteiger partial charge in [-0.25, -0.2) is 0 Å². The molecule has 0 aliphatic carbocycles. The summed E-state index contributed by atoms with van der Waals surface area (Å²) in [5.41, 5.74) is 8.52. The van der Waals surface area contributed by atoms with Crippen LogP contribution in [-0.4, -0.2) is 22.5 Å². The monoisotopic (exact) mass is 361 g/mol. The van der Waals surface area contributed by atoms with Crippen molar-refractivity contribution in [2.24, 2.45) is 10.1 Å². The van der Waals surface area contributed by atoms with Crippen molar-refractivity contribution in [3.05, 3.63) is 64.7 Å². The van der Waals surface area contributed by atoms with Crippen LogP contribution in [0.5, 0.6) is 0 Å². The molecule has 0 fully saturated rings. The number of hydrogen-bond donors (Lipinski definition) is 2. The fourth-order valence-corrected chi connectivity index (χ4v) is 3.56. The average Bonchev–Trinajstić information content (AvgIpc) is 3.06. The molecule has 7 heteroatoms. The molecule has 0 unspecified atom stereocenters. The van der Waals surface area contributed by atoms with Gasteiger partial charge in [-0.1, -0.05) is 36.0 Å². The number of thioether (sulfide) groups is 1. The van der Waals surface area contributed by atoms with Crippen LogP contribution in [0.4, 0.5) is 5.69 Å². The number of anilines is 1. The number of hydrogen-bond acceptors (Lipinski definition) is 5. The maximum atomic E-state index is 11.5. The minimum atomic E-state index is 0.0347. The van der Waals surface area contributed by atoms with Gasteiger partial charge in [0.15, 0.2) is 5.17 Å². The number of benzene rings is 2. The second-order valence-corrected chi connectivity index (χ2v) is 6.95. The van der Waals surface area contributed by atoms with Gasteiger partial charge in [0.05, 0.1) is 30.3 Å². The molecule has 0 spiro atoms. The number of amidine groups is 1. The van der Waals surface area contributed by atoms with Crippen LogP contribution in [-0.2, 0) is 17.8 Å². The molecule has 2 aliphatic heterocycles. The minimum Gasteiger partial charge on any atom is -0.326 e. The van der Waals surface area contributed by atoms with Gasteiger partial charge in [0.25, 0.3) is 0 Å². The molecule has 1 amide bonds. The van der Waals surface area contributed by atoms with Crippen LogP contribution < -0.4 is 10.7 Å². The quantitative estimate of drug-likeness (QED) is 0.879. The molecule has 0 bridgehead atoms. The van der Waals surface area contributed by atoms with Crippen molar-refractivity contribution in [3.63, 3.8) is 0 Å². The van der Waals surface area contributed by atoms with E-state index in [1.165, 1.54) is 0 Å². The number of amides is 1. The zero-order valence-corrected chi connectivity index (χ0v) is 14.6. The van der Waals surface area contributed by atoms with Crippen LogP contribution in [0.15, 0.2) is 52.6 Å². The van der Waals surface area contributed by atoms with Crippen LogP contribution in [0, 0.1) is 11.3 Å². The van der Waals surface area contributed by atoms with Crippen molar-refractivity contribution < 1.29 is 4.79 Å². The van der Waals surface area contributed by atoms with Crippen LogP contribution in [0.25, 0.3) is 0 Å². The second-order valence-electron chi connectivity index (χ2n) is 5.99. The van der Waals surface area contributed by atoms with Crippen molar-refractivity contribution in [3.8, 4) is 6.07 Å². The highest BCUT2D eigenvalue weighted by Gasteiger charge is 2.20. The molecule has 2 aromatic rings. The number of nitrogens with zero attached hydrogens (tertiary/aromatic N) is 3. The van der Waals surface area contributed by atoms with Gasteiger partial charge in [-0.15, -0.1) is 0 Å². The van der Waals surface area contributed by atoms with E-state index in [0.29, 0.717) is 24.3 Å². The van der Waals surface area contributed by atoms with Gasteiger partial charge in [0.2, 0.25) is 5.91 Å². The van der Waals surface area contributed by atoms with E-state index < -0.39 is 0 Å². The van der Waals surface area contributed by atoms with Gasteiger partial charge >= 0.3 is 0 Å². The predicted molar refractivity (Wildman–Crippen MR) is 103 cm³/mol. The Labute approximate surface area is 155 Å². The summed E-state index contributed by atoms with van der Waals surface area (Å²) in [4.78, 5) is 16.0. The molecular formula is C19H15N5OS. The van der Waals surface area contributed by atoms with Crippen LogP contribution >= 0.6 is 11.8 Å². The number of rotatable bonds is 3. The van der Waals surface area contributed by atoms with Gasteiger partial charge in [-0.3, -0.25) is 15.2 Å². The van der Waals surface area contributed by atoms with Crippen molar-refractivity contribution in [1.82, 2.24) is 5.43 Å². The van der Waals surface area contributed by atoms with Crippen molar-refractivity contribution in [2.45, 2.75) is 13.0 Å². The summed E-state index contributed by atoms with van der Waals surface area (Å²) in [5, 5.41) is 16.9. The SMILES string of the molecule is N#Cc1ccc(CN=C2NN=C(c3ccc4c(c3)NC(=O)C4)CS2)cc1. The zero-order chi connectivity index (χ0) is 17.9. The van der Waals surface area contributed by atoms with Gasteiger partial charge in [-0.05, 0) is 29.3 Å². The van der Waals surface area contributed by atoms with Crippen molar-refractivity contribution in [1.29, 1.82) is 5.26 Å². The van der Waals surface area contributed by atoms with E-state index in [4.69, 9.17) is 5.26 Å². The third kappa shape index (κ3) is 3.46. The molecule has 2 aromatic carbocycles. The molecule has 4 rings (SSSR count). The largest absolute Gasteiger partial charge is 0.326 e. The molecule has 0 atom stereocenters. The highest BCUT2D eigenvalue weighted by atomic mass is 32.2. The van der Waals surface area contributed by atoms with E-state index in [0.717, 1.165) is 33.3 Å². The third-order valence-electron chi connectivity index (χ3n) is 4.19. The highest BCUT2D eigenvalue weighted by Crippen LogP contribution is 2.25. The standard InChI is InChI=1S/C19H15N5OS/c20-9-12-1-3-13(4-2-12)10-21-19-24-23-17(11-26-19)14-5-6-15-8-18(25)22-16(15)7-14/h1-7H,8,10-11H2,(H,21,24)(H,22,25). The summed E-state index contributed by atoms with van der Waals surface area (Å²) in [6.07, 6.45) is 0.446. The first-order chi connectivity index (χ1) is 12.7. The Balaban J connectivity index is 1.42. The van der Waals surface area contributed by atoms with Crippen molar-refractivity contribution in [2.75, 3.05) is 11.1 Å². The van der Waals surface area contributed by atoms with E-state index in [9.17, 15) is 4.79 Å². The van der Waals surface area contributed by atoms with E-state index in [1.807, 2.05) is 30.3 Å². The summed E-state index contributed by atoms with van der Waals surface area (Å²) >= 11 is 1.60. The van der Waals surface area contributed by atoms with Crippen LogP contribution in [0.2, 0.25) is 0 Å². The molecule has 26 heavy (non-hydrogen) atoms. The molecule has 0 radical (unpaired) electrons. The van der Waals surface area contributed by atoms with E-state index >= 15 is 0 Å². The summed E-state index contributed by atoms with van der Waals surface area (Å²) in [7, 11) is 0. The minimum absolute atomic E-state index is 0.0347. The van der Waals surface area contributed by atoms with Gasteiger partial charge < -0.3 is 5.32 Å². The number of fused-ring (bicyclic) bond motifs is 1. The average molecular weight is 361 g/mol.